The molecule has 0 radical (unpaired) electrons. The van der Waals surface area contributed by atoms with Gasteiger partial charge in [0.05, 0.1) is 0 Å². The highest BCUT2D eigenvalue weighted by atomic mass is 16.6. The van der Waals surface area contributed by atoms with E-state index in [1.165, 1.54) is 38.5 Å². The normalized spacial score (nSPS) is 21.6. The van der Waals surface area contributed by atoms with Crippen LogP contribution in [0.1, 0.15) is 59.3 Å². The fourth-order valence-corrected chi connectivity index (χ4v) is 3.05. The summed E-state index contributed by atoms with van der Waals surface area (Å²) >= 11 is 0. The lowest BCUT2D eigenvalue weighted by atomic mass is 9.87. The number of likely N-dealkylation sites (tertiary alicyclic amines) is 1. The molecule has 4 heteroatoms. The van der Waals surface area contributed by atoms with E-state index in [0.29, 0.717) is 6.04 Å². The van der Waals surface area contributed by atoms with Crippen LogP contribution in [0.15, 0.2) is 0 Å². The molecular formula is C16H30N2O2. The smallest absolute Gasteiger partial charge is 0.410 e. The first-order chi connectivity index (χ1) is 9.44. The van der Waals surface area contributed by atoms with Gasteiger partial charge in [-0.05, 0) is 39.7 Å². The average Bonchev–Trinajstić information content (AvgIpc) is 2.31. The van der Waals surface area contributed by atoms with Crippen LogP contribution in [-0.4, -0.2) is 42.3 Å². The molecule has 1 saturated heterocycles. The minimum Gasteiger partial charge on any atom is -0.444 e. The molecule has 1 aliphatic carbocycles. The Kier molecular flexibility index (Phi) is 5.30. The van der Waals surface area contributed by atoms with Gasteiger partial charge in [-0.3, -0.25) is 0 Å². The Labute approximate surface area is 123 Å². The Morgan fingerprint density at radius 1 is 1.20 bits per heavy atom. The summed E-state index contributed by atoms with van der Waals surface area (Å²) in [7, 11) is 0. The lowest BCUT2D eigenvalue weighted by molar-refractivity contribution is 0.00522. The van der Waals surface area contributed by atoms with E-state index in [1.807, 2.05) is 20.8 Å². The number of amides is 1. The second-order valence-electron chi connectivity index (χ2n) is 7.33. The van der Waals surface area contributed by atoms with E-state index in [9.17, 15) is 4.79 Å². The molecule has 0 aromatic heterocycles. The molecule has 1 amide bonds. The van der Waals surface area contributed by atoms with Crippen molar-refractivity contribution < 1.29 is 9.53 Å². The van der Waals surface area contributed by atoms with Crippen molar-refractivity contribution in [3.8, 4) is 0 Å². The number of hydrogen-bond donors (Lipinski definition) is 1. The third-order valence-corrected chi connectivity index (χ3v) is 4.24. The van der Waals surface area contributed by atoms with Gasteiger partial charge in [0.1, 0.15) is 5.60 Å². The van der Waals surface area contributed by atoms with Crippen molar-refractivity contribution in [3.05, 3.63) is 0 Å². The minimum absolute atomic E-state index is 0.178. The summed E-state index contributed by atoms with van der Waals surface area (Å²) in [6, 6.07) is 0.464. The van der Waals surface area contributed by atoms with Gasteiger partial charge in [0.2, 0.25) is 0 Å². The van der Waals surface area contributed by atoms with Crippen molar-refractivity contribution in [3.63, 3.8) is 0 Å². The van der Waals surface area contributed by atoms with E-state index in [-0.39, 0.29) is 6.09 Å². The van der Waals surface area contributed by atoms with Crippen LogP contribution in [0.5, 0.6) is 0 Å². The van der Waals surface area contributed by atoms with Gasteiger partial charge in [-0.1, -0.05) is 32.1 Å². The van der Waals surface area contributed by atoms with Crippen LogP contribution >= 0.6 is 0 Å². The Morgan fingerprint density at radius 2 is 1.85 bits per heavy atom. The molecule has 0 atom stereocenters. The summed E-state index contributed by atoms with van der Waals surface area (Å²) < 4.78 is 5.35. The van der Waals surface area contributed by atoms with Gasteiger partial charge in [0.25, 0.3) is 0 Å². The molecule has 1 aliphatic heterocycles. The van der Waals surface area contributed by atoms with E-state index in [1.54, 1.807) is 4.90 Å². The molecule has 1 N–H and O–H groups in total. The Bertz CT molecular complexity index is 313. The quantitative estimate of drug-likeness (QED) is 0.861. The van der Waals surface area contributed by atoms with Crippen molar-refractivity contribution in [2.75, 3.05) is 19.6 Å². The molecule has 2 fully saturated rings. The van der Waals surface area contributed by atoms with Crippen LogP contribution < -0.4 is 5.32 Å². The predicted molar refractivity (Wildman–Crippen MR) is 80.8 cm³/mol. The topological polar surface area (TPSA) is 41.6 Å². The molecule has 1 saturated carbocycles. The van der Waals surface area contributed by atoms with Crippen LogP contribution in [0.4, 0.5) is 4.79 Å². The Balaban J connectivity index is 1.54. The molecule has 0 spiro atoms. The molecule has 20 heavy (non-hydrogen) atoms. The van der Waals surface area contributed by atoms with Gasteiger partial charge in [0.15, 0.2) is 0 Å². The molecule has 116 valence electrons. The second-order valence-corrected chi connectivity index (χ2v) is 7.33. The first kappa shape index (κ1) is 15.6. The first-order valence-electron chi connectivity index (χ1n) is 8.15. The summed E-state index contributed by atoms with van der Waals surface area (Å²) in [5.74, 6) is 0.929. The Hall–Kier alpha value is -0.770. The van der Waals surface area contributed by atoms with Crippen molar-refractivity contribution in [2.24, 2.45) is 5.92 Å². The van der Waals surface area contributed by atoms with Gasteiger partial charge in [-0.2, -0.15) is 0 Å². The third-order valence-electron chi connectivity index (χ3n) is 4.24. The van der Waals surface area contributed by atoms with Crippen LogP contribution in [-0.2, 0) is 4.74 Å². The molecule has 0 aromatic rings. The predicted octanol–water partition coefficient (Wildman–Crippen LogP) is 3.17. The molecule has 1 heterocycles. The zero-order chi connectivity index (χ0) is 14.6. The highest BCUT2D eigenvalue weighted by molar-refractivity contribution is 5.69. The number of nitrogens with zero attached hydrogens (tertiary/aromatic N) is 1. The number of carbonyl (C=O) groups excluding carboxylic acids is 1. The lowest BCUT2D eigenvalue weighted by Gasteiger charge is -2.40. The maximum atomic E-state index is 11.8. The number of nitrogens with one attached hydrogen (secondary N) is 1. The molecule has 0 unspecified atom stereocenters. The molecule has 0 bridgehead atoms. The number of hydrogen-bond acceptors (Lipinski definition) is 3. The highest BCUT2D eigenvalue weighted by Gasteiger charge is 2.33. The fourth-order valence-electron chi connectivity index (χ4n) is 3.05. The van der Waals surface area contributed by atoms with Gasteiger partial charge < -0.3 is 15.0 Å². The molecule has 4 nitrogen and oxygen atoms in total. The zero-order valence-corrected chi connectivity index (χ0v) is 13.3. The van der Waals surface area contributed by atoms with Crippen LogP contribution in [0.3, 0.4) is 0 Å². The van der Waals surface area contributed by atoms with Crippen LogP contribution in [0.25, 0.3) is 0 Å². The summed E-state index contributed by atoms with van der Waals surface area (Å²) in [6.45, 7) is 8.40. The number of ether oxygens (including phenoxy) is 1. The monoisotopic (exact) mass is 282 g/mol. The number of rotatable bonds is 4. The lowest BCUT2D eigenvalue weighted by Crippen LogP contribution is -2.60. The van der Waals surface area contributed by atoms with Crippen molar-refractivity contribution in [2.45, 2.75) is 70.9 Å². The molecule has 2 rings (SSSR count). The maximum Gasteiger partial charge on any atom is 0.410 e. The third kappa shape index (κ3) is 4.97. The summed E-state index contributed by atoms with van der Waals surface area (Å²) in [6.07, 6.45) is 8.21. The van der Waals surface area contributed by atoms with Crippen molar-refractivity contribution in [1.82, 2.24) is 10.2 Å². The number of carbonyl (C=O) groups is 1. The molecule has 2 aliphatic rings. The summed E-state index contributed by atoms with van der Waals surface area (Å²) in [5.41, 5.74) is -0.392. The molecule has 0 aromatic carbocycles. The maximum absolute atomic E-state index is 11.8. The van der Waals surface area contributed by atoms with Gasteiger partial charge in [-0.25, -0.2) is 4.79 Å². The van der Waals surface area contributed by atoms with Gasteiger partial charge in [-0.15, -0.1) is 0 Å². The van der Waals surface area contributed by atoms with Crippen molar-refractivity contribution in [1.29, 1.82) is 0 Å². The van der Waals surface area contributed by atoms with Crippen LogP contribution in [0, 0.1) is 5.92 Å². The largest absolute Gasteiger partial charge is 0.444 e. The standard InChI is InChI=1S/C16H30N2O2/c1-16(2,3)20-15(19)18-11-14(12-18)17-10-9-13-7-5-4-6-8-13/h13-14,17H,4-12H2,1-3H3. The van der Waals surface area contributed by atoms with Crippen molar-refractivity contribution >= 4 is 6.09 Å². The Morgan fingerprint density at radius 3 is 2.45 bits per heavy atom. The second kappa shape index (κ2) is 6.79. The van der Waals surface area contributed by atoms with E-state index >= 15 is 0 Å². The van der Waals surface area contributed by atoms with Gasteiger partial charge >= 0.3 is 6.09 Å². The van der Waals surface area contributed by atoms with E-state index in [0.717, 1.165) is 25.6 Å². The zero-order valence-electron chi connectivity index (χ0n) is 13.3. The van der Waals surface area contributed by atoms with E-state index < -0.39 is 5.60 Å². The summed E-state index contributed by atoms with van der Waals surface area (Å²) in [4.78, 5) is 13.6. The van der Waals surface area contributed by atoms with E-state index in [2.05, 4.69) is 5.32 Å². The van der Waals surface area contributed by atoms with Crippen LogP contribution in [0.2, 0.25) is 0 Å². The first-order valence-corrected chi connectivity index (χ1v) is 8.15. The SMILES string of the molecule is CC(C)(C)OC(=O)N1CC(NCCC2CCCCC2)C1. The molecular weight excluding hydrogens is 252 g/mol. The highest BCUT2D eigenvalue weighted by Crippen LogP contribution is 2.26. The summed E-state index contributed by atoms with van der Waals surface area (Å²) in [5, 5.41) is 3.56. The van der Waals surface area contributed by atoms with Gasteiger partial charge in [0, 0.05) is 19.1 Å². The fraction of sp³-hybridized carbons (Fsp3) is 0.938. The average molecular weight is 282 g/mol. The minimum atomic E-state index is -0.392. The van der Waals surface area contributed by atoms with E-state index in [4.69, 9.17) is 4.74 Å².